The van der Waals surface area contributed by atoms with Crippen molar-refractivity contribution in [3.05, 3.63) is 23.2 Å². The first-order valence-corrected chi connectivity index (χ1v) is 7.98. The van der Waals surface area contributed by atoms with Crippen LogP contribution in [0.2, 0.25) is 5.02 Å². The van der Waals surface area contributed by atoms with Crippen molar-refractivity contribution in [3.63, 3.8) is 0 Å². The number of hydrogen-bond donors (Lipinski definition) is 3. The van der Waals surface area contributed by atoms with E-state index >= 15 is 0 Å². The summed E-state index contributed by atoms with van der Waals surface area (Å²) in [5.74, 6) is -0.126. The summed E-state index contributed by atoms with van der Waals surface area (Å²) in [5.41, 5.74) is 6.23. The lowest BCUT2D eigenvalue weighted by Gasteiger charge is -2.15. The van der Waals surface area contributed by atoms with E-state index < -0.39 is 6.04 Å². The molecular weight excluding hydrogens is 353 g/mol. The number of amides is 2. The van der Waals surface area contributed by atoms with Crippen molar-refractivity contribution in [2.45, 2.75) is 33.2 Å². The number of rotatable bonds is 8. The molecule has 0 bridgehead atoms. The molecule has 0 aromatic heterocycles. The molecule has 6 nitrogen and oxygen atoms in total. The molecule has 0 aliphatic heterocycles. The molecule has 0 saturated carbocycles. The number of carbonyl (C=O) groups excluding carboxylic acids is 2. The van der Waals surface area contributed by atoms with Crippen LogP contribution in [-0.4, -0.2) is 31.0 Å². The number of hydrogen-bond acceptors (Lipinski definition) is 4. The first-order valence-electron chi connectivity index (χ1n) is 7.60. The second-order valence-electron chi connectivity index (χ2n) is 5.53. The molecule has 4 N–H and O–H groups in total. The molecule has 2 amide bonds. The van der Waals surface area contributed by atoms with Gasteiger partial charge in [-0.15, -0.1) is 12.4 Å². The minimum absolute atomic E-state index is 0. The van der Waals surface area contributed by atoms with Crippen molar-refractivity contribution in [1.29, 1.82) is 0 Å². The molecular formula is C16H25Cl2N3O3. The van der Waals surface area contributed by atoms with Crippen LogP contribution >= 0.6 is 24.0 Å². The Morgan fingerprint density at radius 1 is 1.33 bits per heavy atom. The van der Waals surface area contributed by atoms with Crippen LogP contribution in [0.3, 0.4) is 0 Å². The third-order valence-corrected chi connectivity index (χ3v) is 3.42. The van der Waals surface area contributed by atoms with Crippen molar-refractivity contribution in [2.24, 2.45) is 11.7 Å². The van der Waals surface area contributed by atoms with Gasteiger partial charge in [0.25, 0.3) is 0 Å². The summed E-state index contributed by atoms with van der Waals surface area (Å²) < 4.78 is 5.46. The largest absolute Gasteiger partial charge is 0.492 e. The van der Waals surface area contributed by atoms with Crippen molar-refractivity contribution in [1.82, 2.24) is 5.32 Å². The fourth-order valence-electron chi connectivity index (χ4n) is 1.70. The molecule has 136 valence electrons. The van der Waals surface area contributed by atoms with Crippen LogP contribution in [0.5, 0.6) is 5.75 Å². The first-order chi connectivity index (χ1) is 10.8. The smallest absolute Gasteiger partial charge is 0.243 e. The fraction of sp³-hybridized carbons (Fsp3) is 0.500. The van der Waals surface area contributed by atoms with Gasteiger partial charge in [0.05, 0.1) is 24.2 Å². The molecule has 0 aliphatic rings. The van der Waals surface area contributed by atoms with Gasteiger partial charge in [0.1, 0.15) is 5.75 Å². The maximum absolute atomic E-state index is 11.8. The van der Waals surface area contributed by atoms with E-state index in [-0.39, 0.29) is 36.7 Å². The number of nitrogens with two attached hydrogens (primary N) is 1. The highest BCUT2D eigenvalue weighted by atomic mass is 35.5. The summed E-state index contributed by atoms with van der Waals surface area (Å²) in [4.78, 5) is 23.5. The Morgan fingerprint density at radius 2 is 2.00 bits per heavy atom. The van der Waals surface area contributed by atoms with Crippen molar-refractivity contribution in [3.8, 4) is 5.75 Å². The summed E-state index contributed by atoms with van der Waals surface area (Å²) in [7, 11) is 0. The number of benzene rings is 1. The molecule has 0 spiro atoms. The first kappa shape index (κ1) is 22.5. The Morgan fingerprint density at radius 3 is 2.54 bits per heavy atom. The van der Waals surface area contributed by atoms with Gasteiger partial charge in [0, 0.05) is 5.69 Å². The Hall–Kier alpha value is -1.50. The molecule has 0 radical (unpaired) electrons. The van der Waals surface area contributed by atoms with E-state index in [9.17, 15) is 9.59 Å². The standard InChI is InChI=1S/C16H24ClN3O3.ClH/c1-4-7-23-13-6-5-11(8-12(13)17)20-14(21)9-19-16(22)15(18)10(2)3;/h5-6,8,10,15H,4,7,9,18H2,1-3H3,(H,19,22)(H,20,21);1H/t15-;/m0./s1. The number of ether oxygens (including phenoxy) is 1. The van der Waals surface area contributed by atoms with E-state index in [1.54, 1.807) is 18.2 Å². The summed E-state index contributed by atoms with van der Waals surface area (Å²) in [6, 6.07) is 4.36. The summed E-state index contributed by atoms with van der Waals surface area (Å²) in [6.07, 6.45) is 0.882. The molecule has 1 atom stereocenters. The van der Waals surface area contributed by atoms with E-state index in [0.29, 0.717) is 23.1 Å². The molecule has 0 saturated heterocycles. The van der Waals surface area contributed by atoms with Crippen LogP contribution in [-0.2, 0) is 9.59 Å². The average molecular weight is 378 g/mol. The van der Waals surface area contributed by atoms with Crippen molar-refractivity contribution in [2.75, 3.05) is 18.5 Å². The van der Waals surface area contributed by atoms with Gasteiger partial charge in [0.2, 0.25) is 11.8 Å². The Labute approximate surface area is 153 Å². The molecule has 0 fully saturated rings. The van der Waals surface area contributed by atoms with Crippen LogP contribution in [0, 0.1) is 5.92 Å². The summed E-state index contributed by atoms with van der Waals surface area (Å²) in [5, 5.41) is 5.58. The number of anilines is 1. The molecule has 8 heteroatoms. The second kappa shape index (κ2) is 11.1. The monoisotopic (exact) mass is 377 g/mol. The van der Waals surface area contributed by atoms with Crippen LogP contribution in [0.15, 0.2) is 18.2 Å². The summed E-state index contributed by atoms with van der Waals surface area (Å²) in [6.45, 7) is 6.11. The third kappa shape index (κ3) is 7.38. The van der Waals surface area contributed by atoms with Crippen LogP contribution in [0.1, 0.15) is 27.2 Å². The van der Waals surface area contributed by atoms with E-state index in [1.807, 2.05) is 20.8 Å². The predicted molar refractivity (Wildman–Crippen MR) is 98.9 cm³/mol. The minimum atomic E-state index is -0.632. The minimum Gasteiger partial charge on any atom is -0.492 e. The third-order valence-electron chi connectivity index (χ3n) is 3.12. The van der Waals surface area contributed by atoms with Gasteiger partial charge >= 0.3 is 0 Å². The van der Waals surface area contributed by atoms with Crippen LogP contribution < -0.4 is 21.1 Å². The zero-order valence-corrected chi connectivity index (χ0v) is 15.7. The Bertz CT molecular complexity index is 553. The lowest BCUT2D eigenvalue weighted by molar-refractivity contribution is -0.125. The normalized spacial score (nSPS) is 11.4. The number of carbonyl (C=O) groups is 2. The molecule has 0 heterocycles. The van der Waals surface area contributed by atoms with E-state index in [4.69, 9.17) is 22.1 Å². The molecule has 1 rings (SSSR count). The maximum Gasteiger partial charge on any atom is 0.243 e. The highest BCUT2D eigenvalue weighted by molar-refractivity contribution is 6.32. The Balaban J connectivity index is 0.00000529. The topological polar surface area (TPSA) is 93.5 Å². The molecule has 0 unspecified atom stereocenters. The van der Waals surface area contributed by atoms with Gasteiger partial charge in [-0.05, 0) is 30.5 Å². The second-order valence-corrected chi connectivity index (χ2v) is 5.94. The SMILES string of the molecule is CCCOc1ccc(NC(=O)CNC(=O)[C@@H](N)C(C)C)cc1Cl.Cl. The average Bonchev–Trinajstić information content (AvgIpc) is 2.51. The van der Waals surface area contributed by atoms with E-state index in [1.165, 1.54) is 0 Å². The lowest BCUT2D eigenvalue weighted by atomic mass is 10.1. The van der Waals surface area contributed by atoms with Gasteiger partial charge in [-0.3, -0.25) is 9.59 Å². The number of nitrogens with one attached hydrogen (secondary N) is 2. The maximum atomic E-state index is 11.8. The Kier molecular flexibility index (Phi) is 10.4. The van der Waals surface area contributed by atoms with E-state index in [0.717, 1.165) is 6.42 Å². The van der Waals surface area contributed by atoms with Gasteiger partial charge in [-0.2, -0.15) is 0 Å². The van der Waals surface area contributed by atoms with Crippen LogP contribution in [0.25, 0.3) is 0 Å². The van der Waals surface area contributed by atoms with Gasteiger partial charge in [-0.1, -0.05) is 32.4 Å². The zero-order valence-electron chi connectivity index (χ0n) is 14.1. The van der Waals surface area contributed by atoms with Crippen LogP contribution in [0.4, 0.5) is 5.69 Å². The summed E-state index contributed by atoms with van der Waals surface area (Å²) >= 11 is 6.09. The number of halogens is 2. The molecule has 1 aromatic rings. The highest BCUT2D eigenvalue weighted by Crippen LogP contribution is 2.27. The highest BCUT2D eigenvalue weighted by Gasteiger charge is 2.17. The zero-order chi connectivity index (χ0) is 17.4. The van der Waals surface area contributed by atoms with Crippen molar-refractivity contribution < 1.29 is 14.3 Å². The quantitative estimate of drug-likeness (QED) is 0.648. The predicted octanol–water partition coefficient (Wildman–Crippen LogP) is 2.59. The van der Waals surface area contributed by atoms with Gasteiger partial charge in [-0.25, -0.2) is 0 Å². The van der Waals surface area contributed by atoms with Gasteiger partial charge in [0.15, 0.2) is 0 Å². The van der Waals surface area contributed by atoms with E-state index in [2.05, 4.69) is 10.6 Å². The lowest BCUT2D eigenvalue weighted by Crippen LogP contribution is -2.46. The van der Waals surface area contributed by atoms with Gasteiger partial charge < -0.3 is 21.1 Å². The van der Waals surface area contributed by atoms with Crippen molar-refractivity contribution >= 4 is 41.5 Å². The molecule has 0 aliphatic carbocycles. The fourth-order valence-corrected chi connectivity index (χ4v) is 1.94. The molecule has 24 heavy (non-hydrogen) atoms. The molecule has 1 aromatic carbocycles.